The van der Waals surface area contributed by atoms with E-state index in [9.17, 15) is 4.79 Å². The lowest BCUT2D eigenvalue weighted by Crippen LogP contribution is -2.36. The third-order valence-electron chi connectivity index (χ3n) is 5.54. The van der Waals surface area contributed by atoms with Crippen molar-refractivity contribution in [2.24, 2.45) is 0 Å². The summed E-state index contributed by atoms with van der Waals surface area (Å²) in [6, 6.07) is 17.1. The molecule has 2 heterocycles. The van der Waals surface area contributed by atoms with Crippen LogP contribution in [-0.4, -0.2) is 39.9 Å². The minimum atomic E-state index is 0.0551. The first kappa shape index (κ1) is 18.6. The highest BCUT2D eigenvalue weighted by molar-refractivity contribution is 5.91. The number of carbonyl (C=O) groups excluding carboxylic acids is 1. The van der Waals surface area contributed by atoms with Crippen molar-refractivity contribution in [1.82, 2.24) is 14.5 Å². The Balaban J connectivity index is 1.81. The van der Waals surface area contributed by atoms with E-state index in [1.165, 1.54) is 24.9 Å². The van der Waals surface area contributed by atoms with E-state index in [0.717, 1.165) is 35.6 Å². The van der Waals surface area contributed by atoms with E-state index in [4.69, 9.17) is 4.98 Å². The normalized spacial score (nSPS) is 18.1. The lowest BCUT2D eigenvalue weighted by atomic mass is 10.0. The fourth-order valence-corrected chi connectivity index (χ4v) is 4.14. The van der Waals surface area contributed by atoms with Gasteiger partial charge >= 0.3 is 0 Å². The van der Waals surface area contributed by atoms with Gasteiger partial charge in [0.15, 0.2) is 5.78 Å². The largest absolute Gasteiger partial charge is 0.320 e. The minimum Gasteiger partial charge on any atom is -0.320 e. The maximum absolute atomic E-state index is 11.3. The zero-order valence-electron chi connectivity index (χ0n) is 16.6. The molecule has 1 aromatic heterocycles. The number of ketones is 1. The molecule has 4 heteroatoms. The molecular weight excluding hydrogens is 346 g/mol. The van der Waals surface area contributed by atoms with Crippen molar-refractivity contribution in [3.63, 3.8) is 0 Å². The second-order valence-electron chi connectivity index (χ2n) is 7.55. The molecule has 0 aliphatic carbocycles. The van der Waals surface area contributed by atoms with Crippen LogP contribution >= 0.6 is 0 Å². The van der Waals surface area contributed by atoms with E-state index >= 15 is 0 Å². The molecule has 1 saturated heterocycles. The monoisotopic (exact) mass is 373 g/mol. The van der Waals surface area contributed by atoms with E-state index in [-0.39, 0.29) is 5.78 Å². The Morgan fingerprint density at radius 1 is 1.21 bits per heavy atom. The van der Waals surface area contributed by atoms with Crippen LogP contribution in [0, 0.1) is 0 Å². The molecule has 0 radical (unpaired) electrons. The highest BCUT2D eigenvalue weighted by atomic mass is 16.1. The van der Waals surface area contributed by atoms with Crippen LogP contribution in [0.5, 0.6) is 0 Å². The van der Waals surface area contributed by atoms with Gasteiger partial charge in [-0.3, -0.25) is 4.79 Å². The number of rotatable bonds is 5. The van der Waals surface area contributed by atoms with E-state index in [2.05, 4.69) is 52.8 Å². The molecule has 3 aromatic rings. The summed E-state index contributed by atoms with van der Waals surface area (Å²) < 4.78 is 2.44. The summed E-state index contributed by atoms with van der Waals surface area (Å²) in [4.78, 5) is 18.8. The van der Waals surface area contributed by atoms with E-state index in [0.29, 0.717) is 6.04 Å². The van der Waals surface area contributed by atoms with Crippen molar-refractivity contribution in [2.45, 2.75) is 32.7 Å². The maximum atomic E-state index is 11.3. The Hall–Kier alpha value is -2.72. The Bertz CT molecular complexity index is 1020. The predicted molar refractivity (Wildman–Crippen MR) is 115 cm³/mol. The number of hydrogen-bond donors (Lipinski definition) is 0. The summed E-state index contributed by atoms with van der Waals surface area (Å²) in [7, 11) is 0. The van der Waals surface area contributed by atoms with Crippen LogP contribution in [0.4, 0.5) is 0 Å². The molecule has 4 rings (SSSR count). The van der Waals surface area contributed by atoms with Crippen molar-refractivity contribution >= 4 is 22.9 Å². The second-order valence-corrected chi connectivity index (χ2v) is 7.55. The van der Waals surface area contributed by atoms with Gasteiger partial charge < -0.3 is 9.47 Å². The molecule has 0 amide bonds. The Labute approximate surface area is 166 Å². The highest BCUT2D eigenvalue weighted by Gasteiger charge is 2.25. The molecule has 0 unspecified atom stereocenters. The molecule has 0 N–H and O–H groups in total. The summed E-state index contributed by atoms with van der Waals surface area (Å²) >= 11 is 0. The number of hydrogen-bond acceptors (Lipinski definition) is 3. The van der Waals surface area contributed by atoms with Gasteiger partial charge in [-0.25, -0.2) is 4.98 Å². The third-order valence-corrected chi connectivity index (χ3v) is 5.54. The number of benzene rings is 2. The average Bonchev–Trinajstić information content (AvgIpc) is 3.12. The van der Waals surface area contributed by atoms with Gasteiger partial charge in [0.05, 0.1) is 11.0 Å². The molecule has 0 saturated carbocycles. The van der Waals surface area contributed by atoms with Gasteiger partial charge in [0.2, 0.25) is 0 Å². The zero-order chi connectivity index (χ0) is 19.5. The number of piperidine rings is 1. The SMILES string of the molecule is CCN1CCC[C@@H](n2c(-c3cccc(/C=C/C(C)=O)c3)nc3ccccc32)C1. The fraction of sp³-hybridized carbons (Fsp3) is 0.333. The van der Waals surface area contributed by atoms with Crippen LogP contribution < -0.4 is 0 Å². The van der Waals surface area contributed by atoms with Gasteiger partial charge in [-0.15, -0.1) is 0 Å². The number of para-hydroxylation sites is 2. The first-order valence-electron chi connectivity index (χ1n) is 10.1. The van der Waals surface area contributed by atoms with E-state index in [1.54, 1.807) is 13.0 Å². The standard InChI is InChI=1S/C24H27N3O/c1-3-26-15-7-10-21(17-26)27-23-12-5-4-11-22(23)25-24(27)20-9-6-8-19(16-20)14-13-18(2)28/h4-6,8-9,11-14,16,21H,3,7,10,15,17H2,1-2H3/b14-13+/t21-/m1/s1. The minimum absolute atomic E-state index is 0.0551. The quantitative estimate of drug-likeness (QED) is 0.593. The van der Waals surface area contributed by atoms with Crippen molar-refractivity contribution in [3.8, 4) is 11.4 Å². The van der Waals surface area contributed by atoms with Gasteiger partial charge in [-0.2, -0.15) is 0 Å². The van der Waals surface area contributed by atoms with Crippen molar-refractivity contribution in [2.75, 3.05) is 19.6 Å². The number of imidazole rings is 1. The molecule has 28 heavy (non-hydrogen) atoms. The molecule has 0 spiro atoms. The number of aromatic nitrogens is 2. The van der Waals surface area contributed by atoms with Crippen LogP contribution in [0.25, 0.3) is 28.5 Å². The van der Waals surface area contributed by atoms with Gasteiger partial charge in [-0.05, 0) is 62.7 Å². The molecule has 4 nitrogen and oxygen atoms in total. The predicted octanol–water partition coefficient (Wildman–Crippen LogP) is 4.96. The molecule has 2 aromatic carbocycles. The summed E-state index contributed by atoms with van der Waals surface area (Å²) in [5, 5.41) is 0. The fourth-order valence-electron chi connectivity index (χ4n) is 4.14. The van der Waals surface area contributed by atoms with Crippen molar-refractivity contribution < 1.29 is 4.79 Å². The molecular formula is C24H27N3O. The molecule has 0 bridgehead atoms. The summed E-state index contributed by atoms with van der Waals surface area (Å²) in [5.74, 6) is 1.07. The second kappa shape index (κ2) is 8.11. The molecule has 1 fully saturated rings. The van der Waals surface area contributed by atoms with E-state index < -0.39 is 0 Å². The Morgan fingerprint density at radius 2 is 2.07 bits per heavy atom. The van der Waals surface area contributed by atoms with Gasteiger partial charge in [0.1, 0.15) is 5.82 Å². The molecule has 144 valence electrons. The van der Waals surface area contributed by atoms with Gasteiger partial charge in [0.25, 0.3) is 0 Å². The number of fused-ring (bicyclic) bond motifs is 1. The third kappa shape index (κ3) is 3.78. The van der Waals surface area contributed by atoms with Crippen LogP contribution in [0.15, 0.2) is 54.6 Å². The lowest BCUT2D eigenvalue weighted by molar-refractivity contribution is -0.112. The lowest BCUT2D eigenvalue weighted by Gasteiger charge is -2.33. The number of likely N-dealkylation sites (N-methyl/N-ethyl adjacent to an activating group) is 1. The topological polar surface area (TPSA) is 38.1 Å². The first-order chi connectivity index (χ1) is 13.7. The number of carbonyl (C=O) groups is 1. The molecule has 1 aliphatic heterocycles. The summed E-state index contributed by atoms with van der Waals surface area (Å²) in [5.41, 5.74) is 4.35. The van der Waals surface area contributed by atoms with Crippen molar-refractivity contribution in [1.29, 1.82) is 0 Å². The smallest absolute Gasteiger partial charge is 0.152 e. The Morgan fingerprint density at radius 3 is 2.89 bits per heavy atom. The van der Waals surface area contributed by atoms with Crippen LogP contribution in [0.1, 0.15) is 38.3 Å². The summed E-state index contributed by atoms with van der Waals surface area (Å²) in [6.07, 6.45) is 5.88. The summed E-state index contributed by atoms with van der Waals surface area (Å²) in [6.45, 7) is 7.14. The van der Waals surface area contributed by atoms with Gasteiger partial charge in [0, 0.05) is 18.2 Å². The zero-order valence-corrected chi connectivity index (χ0v) is 16.6. The van der Waals surface area contributed by atoms with Crippen molar-refractivity contribution in [3.05, 3.63) is 60.2 Å². The average molecular weight is 374 g/mol. The first-order valence-corrected chi connectivity index (χ1v) is 10.1. The number of nitrogens with zero attached hydrogens (tertiary/aromatic N) is 3. The van der Waals surface area contributed by atoms with Crippen LogP contribution in [0.2, 0.25) is 0 Å². The number of likely N-dealkylation sites (tertiary alicyclic amines) is 1. The van der Waals surface area contributed by atoms with Crippen LogP contribution in [0.3, 0.4) is 0 Å². The maximum Gasteiger partial charge on any atom is 0.152 e. The Kier molecular flexibility index (Phi) is 5.40. The molecule has 1 aliphatic rings. The number of allylic oxidation sites excluding steroid dienone is 1. The van der Waals surface area contributed by atoms with Crippen LogP contribution in [-0.2, 0) is 4.79 Å². The molecule has 1 atom stereocenters. The highest BCUT2D eigenvalue weighted by Crippen LogP contribution is 2.33. The van der Waals surface area contributed by atoms with E-state index in [1.807, 2.05) is 18.2 Å². The van der Waals surface area contributed by atoms with Gasteiger partial charge in [-0.1, -0.05) is 43.3 Å².